The zero-order chi connectivity index (χ0) is 12.3. The topological polar surface area (TPSA) is 110 Å². The largest absolute Gasteiger partial charge is 0.294 e. The summed E-state index contributed by atoms with van der Waals surface area (Å²) in [4.78, 5) is 22.8. The van der Waals surface area contributed by atoms with E-state index in [2.05, 4.69) is 10.9 Å². The fraction of sp³-hybridized carbons (Fsp3) is 0.778. The van der Waals surface area contributed by atoms with Crippen LogP contribution in [0.4, 0.5) is 0 Å². The summed E-state index contributed by atoms with van der Waals surface area (Å²) in [7, 11) is 0. The van der Waals surface area contributed by atoms with Crippen LogP contribution < -0.4 is 22.5 Å². The second-order valence-electron chi connectivity index (χ2n) is 4.89. The number of hydrogen-bond donors (Lipinski definition) is 4. The van der Waals surface area contributed by atoms with Crippen molar-refractivity contribution in [2.45, 2.75) is 34.1 Å². The Kier molecular flexibility index (Phi) is 4.24. The summed E-state index contributed by atoms with van der Waals surface area (Å²) in [6.45, 7) is 6.89. The fourth-order valence-electron chi connectivity index (χ4n) is 1.66. The van der Waals surface area contributed by atoms with Crippen LogP contribution in [0.2, 0.25) is 0 Å². The number of nitrogens with one attached hydrogen (secondary N) is 2. The van der Waals surface area contributed by atoms with E-state index in [1.807, 2.05) is 0 Å². The molecule has 6 nitrogen and oxygen atoms in total. The Balaban J connectivity index is 4.71. The molecular formula is C9H20N4O2. The summed E-state index contributed by atoms with van der Waals surface area (Å²) in [6, 6.07) is 0. The Labute approximate surface area is 89.7 Å². The van der Waals surface area contributed by atoms with Crippen LogP contribution >= 0.6 is 0 Å². The Morgan fingerprint density at radius 3 is 1.40 bits per heavy atom. The van der Waals surface area contributed by atoms with Gasteiger partial charge in [0, 0.05) is 10.8 Å². The van der Waals surface area contributed by atoms with Gasteiger partial charge in [0.2, 0.25) is 11.8 Å². The first-order valence-electron chi connectivity index (χ1n) is 4.69. The molecule has 6 N–H and O–H groups in total. The van der Waals surface area contributed by atoms with Crippen molar-refractivity contribution in [1.29, 1.82) is 0 Å². The zero-order valence-corrected chi connectivity index (χ0v) is 9.68. The predicted octanol–water partition coefficient (Wildman–Crippen LogP) is -0.591. The van der Waals surface area contributed by atoms with E-state index < -0.39 is 10.8 Å². The van der Waals surface area contributed by atoms with Crippen LogP contribution in [0.5, 0.6) is 0 Å². The second kappa shape index (κ2) is 4.59. The number of carbonyl (C=O) groups excluding carboxylic acids is 2. The van der Waals surface area contributed by atoms with Crippen molar-refractivity contribution in [1.82, 2.24) is 10.9 Å². The standard InChI is InChI=1S/C9H20N4O2/c1-8(2,6(14)12-10)5-9(3,4)7(15)13-11/h5,10-11H2,1-4H3,(H,12,14)(H,13,15). The summed E-state index contributed by atoms with van der Waals surface area (Å²) in [5.74, 6) is 9.51. The number of amides is 2. The highest BCUT2D eigenvalue weighted by Gasteiger charge is 2.38. The van der Waals surface area contributed by atoms with Crippen molar-refractivity contribution in [3.05, 3.63) is 0 Å². The van der Waals surface area contributed by atoms with Gasteiger partial charge in [-0.1, -0.05) is 27.7 Å². The minimum absolute atomic E-state index is 0.305. The molecule has 0 aromatic rings. The molecule has 0 radical (unpaired) electrons. The van der Waals surface area contributed by atoms with E-state index in [1.54, 1.807) is 27.7 Å². The molecule has 0 fully saturated rings. The molecule has 0 aromatic heterocycles. The molecule has 0 atom stereocenters. The van der Waals surface area contributed by atoms with Gasteiger partial charge in [-0.2, -0.15) is 0 Å². The van der Waals surface area contributed by atoms with Crippen LogP contribution in [0.1, 0.15) is 34.1 Å². The van der Waals surface area contributed by atoms with Crippen molar-refractivity contribution >= 4 is 11.8 Å². The first-order chi connectivity index (χ1) is 6.67. The van der Waals surface area contributed by atoms with E-state index >= 15 is 0 Å². The number of nitrogens with two attached hydrogens (primary N) is 2. The van der Waals surface area contributed by atoms with Crippen molar-refractivity contribution in [3.63, 3.8) is 0 Å². The highest BCUT2D eigenvalue weighted by molar-refractivity contribution is 5.85. The minimum Gasteiger partial charge on any atom is -0.294 e. The lowest BCUT2D eigenvalue weighted by molar-refractivity contribution is -0.136. The normalized spacial score (nSPS) is 12.1. The Morgan fingerprint density at radius 2 is 1.20 bits per heavy atom. The van der Waals surface area contributed by atoms with Gasteiger partial charge in [0.25, 0.3) is 0 Å². The van der Waals surface area contributed by atoms with Gasteiger partial charge < -0.3 is 0 Å². The second-order valence-corrected chi connectivity index (χ2v) is 4.89. The van der Waals surface area contributed by atoms with Crippen LogP contribution in [0, 0.1) is 10.8 Å². The SMILES string of the molecule is CC(C)(CC(C)(C)C(=O)NN)C(=O)NN. The van der Waals surface area contributed by atoms with E-state index in [9.17, 15) is 9.59 Å². The minimum atomic E-state index is -0.718. The predicted molar refractivity (Wildman–Crippen MR) is 56.8 cm³/mol. The molecule has 0 aliphatic rings. The molecule has 2 amide bonds. The quantitative estimate of drug-likeness (QED) is 0.286. The van der Waals surface area contributed by atoms with Gasteiger partial charge in [-0.05, 0) is 6.42 Å². The summed E-state index contributed by atoms with van der Waals surface area (Å²) < 4.78 is 0. The molecule has 0 bridgehead atoms. The highest BCUT2D eigenvalue weighted by Crippen LogP contribution is 2.33. The average molecular weight is 216 g/mol. The van der Waals surface area contributed by atoms with Gasteiger partial charge in [-0.3, -0.25) is 20.4 Å². The summed E-state index contributed by atoms with van der Waals surface area (Å²) in [5.41, 5.74) is 2.73. The van der Waals surface area contributed by atoms with Crippen molar-refractivity contribution in [2.75, 3.05) is 0 Å². The van der Waals surface area contributed by atoms with Crippen LogP contribution in [0.3, 0.4) is 0 Å². The molecule has 0 rings (SSSR count). The lowest BCUT2D eigenvalue weighted by atomic mass is 9.74. The summed E-state index contributed by atoms with van der Waals surface area (Å²) >= 11 is 0. The van der Waals surface area contributed by atoms with E-state index in [-0.39, 0.29) is 11.8 Å². The Hall–Kier alpha value is -1.14. The average Bonchev–Trinajstić information content (AvgIpc) is 2.13. The molecule has 0 saturated heterocycles. The molecular weight excluding hydrogens is 196 g/mol. The van der Waals surface area contributed by atoms with Crippen LogP contribution in [0.15, 0.2) is 0 Å². The Bertz CT molecular complexity index is 235. The van der Waals surface area contributed by atoms with Gasteiger partial charge in [-0.15, -0.1) is 0 Å². The maximum Gasteiger partial charge on any atom is 0.239 e. The molecule has 0 aliphatic heterocycles. The van der Waals surface area contributed by atoms with Crippen molar-refractivity contribution in [3.8, 4) is 0 Å². The fourth-order valence-corrected chi connectivity index (χ4v) is 1.66. The van der Waals surface area contributed by atoms with Crippen molar-refractivity contribution in [2.24, 2.45) is 22.5 Å². The van der Waals surface area contributed by atoms with Gasteiger partial charge in [0.1, 0.15) is 0 Å². The van der Waals surface area contributed by atoms with Crippen LogP contribution in [-0.2, 0) is 9.59 Å². The number of carbonyl (C=O) groups is 2. The molecule has 6 heteroatoms. The third-order valence-corrected chi connectivity index (χ3v) is 2.38. The van der Waals surface area contributed by atoms with E-state index in [1.165, 1.54) is 0 Å². The molecule has 0 saturated carbocycles. The maximum absolute atomic E-state index is 11.4. The van der Waals surface area contributed by atoms with Gasteiger partial charge in [0.15, 0.2) is 0 Å². The molecule has 0 heterocycles. The molecule has 15 heavy (non-hydrogen) atoms. The number of rotatable bonds is 4. The van der Waals surface area contributed by atoms with Gasteiger partial charge in [0.05, 0.1) is 0 Å². The molecule has 0 aliphatic carbocycles. The van der Waals surface area contributed by atoms with E-state index in [0.717, 1.165) is 0 Å². The smallest absolute Gasteiger partial charge is 0.239 e. The van der Waals surface area contributed by atoms with Crippen LogP contribution in [-0.4, -0.2) is 11.8 Å². The first kappa shape index (κ1) is 13.9. The monoisotopic (exact) mass is 216 g/mol. The first-order valence-corrected chi connectivity index (χ1v) is 4.69. The van der Waals surface area contributed by atoms with E-state index in [0.29, 0.717) is 6.42 Å². The van der Waals surface area contributed by atoms with Crippen LogP contribution in [0.25, 0.3) is 0 Å². The summed E-state index contributed by atoms with van der Waals surface area (Å²) in [5, 5.41) is 0. The van der Waals surface area contributed by atoms with Gasteiger partial charge in [-0.25, -0.2) is 11.7 Å². The number of hydrazine groups is 2. The molecule has 0 unspecified atom stereocenters. The maximum atomic E-state index is 11.4. The lowest BCUT2D eigenvalue weighted by Crippen LogP contribution is -2.47. The third-order valence-electron chi connectivity index (χ3n) is 2.38. The molecule has 0 aromatic carbocycles. The highest BCUT2D eigenvalue weighted by atomic mass is 16.2. The lowest BCUT2D eigenvalue weighted by Gasteiger charge is -2.31. The molecule has 0 spiro atoms. The molecule has 88 valence electrons. The van der Waals surface area contributed by atoms with Crippen molar-refractivity contribution < 1.29 is 9.59 Å². The van der Waals surface area contributed by atoms with Gasteiger partial charge >= 0.3 is 0 Å². The zero-order valence-electron chi connectivity index (χ0n) is 9.68. The third kappa shape index (κ3) is 3.49. The Morgan fingerprint density at radius 1 is 0.933 bits per heavy atom. The van der Waals surface area contributed by atoms with E-state index in [4.69, 9.17) is 11.7 Å². The summed E-state index contributed by atoms with van der Waals surface area (Å²) in [6.07, 6.45) is 0.353. The number of hydrogen-bond acceptors (Lipinski definition) is 4.